The number of nitriles is 1. The lowest BCUT2D eigenvalue weighted by Crippen LogP contribution is -2.41. The molecule has 0 aliphatic carbocycles. The molecule has 2 atom stereocenters. The van der Waals surface area contributed by atoms with Crippen molar-refractivity contribution in [3.63, 3.8) is 0 Å². The third-order valence-corrected chi connectivity index (χ3v) is 6.24. The summed E-state index contributed by atoms with van der Waals surface area (Å²) in [5, 5.41) is 11.5. The first-order valence-corrected chi connectivity index (χ1v) is 10.9. The second kappa shape index (κ2) is 9.57. The van der Waals surface area contributed by atoms with Gasteiger partial charge in [0.05, 0.1) is 12.7 Å². The zero-order chi connectivity index (χ0) is 23.5. The average molecular weight is 447 g/mol. The monoisotopic (exact) mass is 446 g/mol. The topological polar surface area (TPSA) is 82.6 Å². The number of halogens is 1. The van der Waals surface area contributed by atoms with E-state index in [2.05, 4.69) is 11.0 Å². The van der Waals surface area contributed by atoms with E-state index in [1.807, 2.05) is 24.3 Å². The number of carbonyl (C=O) groups excluding carboxylic acids is 1. The maximum atomic E-state index is 13.8. The molecule has 4 rings (SSSR count). The van der Waals surface area contributed by atoms with Gasteiger partial charge in [-0.25, -0.2) is 4.39 Å². The van der Waals surface area contributed by atoms with Gasteiger partial charge in [-0.05, 0) is 41.0 Å². The van der Waals surface area contributed by atoms with Crippen LogP contribution in [0.3, 0.4) is 0 Å². The predicted molar refractivity (Wildman–Crippen MR) is 125 cm³/mol. The van der Waals surface area contributed by atoms with Crippen molar-refractivity contribution in [1.29, 1.82) is 5.26 Å². The number of hydrogen-bond acceptors (Lipinski definition) is 5. The molecule has 2 N–H and O–H groups in total. The van der Waals surface area contributed by atoms with Crippen LogP contribution >= 0.6 is 0 Å². The first-order valence-electron chi connectivity index (χ1n) is 10.9. The first-order chi connectivity index (χ1) is 15.9. The number of likely N-dealkylation sites (tertiary alicyclic amines) is 1. The molecule has 170 valence electrons. The van der Waals surface area contributed by atoms with Gasteiger partial charge in [-0.15, -0.1) is 0 Å². The van der Waals surface area contributed by atoms with E-state index in [1.165, 1.54) is 19.2 Å². The number of carbonyl (C=O) groups is 1. The van der Waals surface area contributed by atoms with Gasteiger partial charge in [0.2, 0.25) is 5.91 Å². The molecule has 0 bridgehead atoms. The van der Waals surface area contributed by atoms with E-state index >= 15 is 0 Å². The van der Waals surface area contributed by atoms with Crippen LogP contribution in [-0.2, 0) is 11.3 Å². The van der Waals surface area contributed by atoms with Gasteiger partial charge in [-0.3, -0.25) is 9.69 Å². The molecule has 6 nitrogen and oxygen atoms in total. The van der Waals surface area contributed by atoms with Crippen LogP contribution in [0, 0.1) is 17.1 Å². The Morgan fingerprint density at radius 3 is 2.67 bits per heavy atom. The van der Waals surface area contributed by atoms with Gasteiger partial charge in [0.1, 0.15) is 23.7 Å². The molecule has 3 aromatic carbocycles. The fourth-order valence-corrected chi connectivity index (χ4v) is 4.61. The standard InChI is InChI=1S/C26H27FN4O2/c1-30(16-23-22-6-4-3-5-18(22)13-19(14-28)25(23)33-2)26(32)24(31-12-11-21(29)15-31)17-7-9-20(27)10-8-17/h3-10,13,21,24H,11-12,15-16,29H2,1-2H3. The summed E-state index contributed by atoms with van der Waals surface area (Å²) < 4.78 is 19.2. The summed E-state index contributed by atoms with van der Waals surface area (Å²) in [7, 11) is 3.27. The third-order valence-electron chi connectivity index (χ3n) is 6.24. The minimum absolute atomic E-state index is 0.00222. The number of amides is 1. The summed E-state index contributed by atoms with van der Waals surface area (Å²) in [6, 6.07) is 17.2. The van der Waals surface area contributed by atoms with Crippen molar-refractivity contribution in [2.24, 2.45) is 5.73 Å². The van der Waals surface area contributed by atoms with Crippen molar-refractivity contribution in [3.05, 3.63) is 77.1 Å². The second-order valence-corrected chi connectivity index (χ2v) is 8.46. The molecule has 1 amide bonds. The van der Waals surface area contributed by atoms with Crippen molar-refractivity contribution in [1.82, 2.24) is 9.80 Å². The Bertz CT molecular complexity index is 1210. The lowest BCUT2D eigenvalue weighted by atomic mass is 9.98. The molecule has 0 spiro atoms. The summed E-state index contributed by atoms with van der Waals surface area (Å²) in [5.74, 6) is 0.00234. The van der Waals surface area contributed by atoms with Crippen molar-refractivity contribution >= 4 is 16.7 Å². The minimum Gasteiger partial charge on any atom is -0.495 e. The van der Waals surface area contributed by atoms with Crippen molar-refractivity contribution in [2.45, 2.75) is 25.0 Å². The highest BCUT2D eigenvalue weighted by Gasteiger charge is 2.34. The SMILES string of the molecule is COc1c(C#N)cc2ccccc2c1CN(C)C(=O)C(c1ccc(F)cc1)N1CCC(N)C1. The van der Waals surface area contributed by atoms with E-state index in [-0.39, 0.29) is 24.3 Å². The summed E-state index contributed by atoms with van der Waals surface area (Å²) >= 11 is 0. The van der Waals surface area contributed by atoms with Crippen LogP contribution in [0.4, 0.5) is 4.39 Å². The largest absolute Gasteiger partial charge is 0.495 e. The molecule has 1 aliphatic heterocycles. The fourth-order valence-electron chi connectivity index (χ4n) is 4.61. The zero-order valence-corrected chi connectivity index (χ0v) is 18.8. The molecule has 3 aromatic rings. The van der Waals surface area contributed by atoms with E-state index in [0.717, 1.165) is 28.3 Å². The predicted octanol–water partition coefficient (Wildman–Crippen LogP) is 3.59. The number of rotatable bonds is 6. The van der Waals surface area contributed by atoms with Crippen molar-refractivity contribution < 1.29 is 13.9 Å². The van der Waals surface area contributed by atoms with Gasteiger partial charge >= 0.3 is 0 Å². The normalized spacial score (nSPS) is 17.0. The minimum atomic E-state index is -0.569. The van der Waals surface area contributed by atoms with Gasteiger partial charge in [0, 0.05) is 38.3 Å². The smallest absolute Gasteiger partial charge is 0.244 e. The third kappa shape index (κ3) is 4.54. The Morgan fingerprint density at radius 1 is 1.30 bits per heavy atom. The van der Waals surface area contributed by atoms with Gasteiger partial charge in [-0.1, -0.05) is 36.4 Å². The average Bonchev–Trinajstić information content (AvgIpc) is 3.25. The molecule has 0 aromatic heterocycles. The quantitative estimate of drug-likeness (QED) is 0.626. The summed E-state index contributed by atoms with van der Waals surface area (Å²) in [6.45, 7) is 1.55. The summed E-state index contributed by atoms with van der Waals surface area (Å²) in [6.07, 6.45) is 0.803. The second-order valence-electron chi connectivity index (χ2n) is 8.46. The molecule has 1 heterocycles. The Kier molecular flexibility index (Phi) is 6.59. The number of benzene rings is 3. The van der Waals surface area contributed by atoms with Crippen LogP contribution < -0.4 is 10.5 Å². The van der Waals surface area contributed by atoms with Crippen LogP contribution in [-0.4, -0.2) is 49.0 Å². The molecule has 1 saturated heterocycles. The molecule has 0 saturated carbocycles. The van der Waals surface area contributed by atoms with Crippen molar-refractivity contribution in [2.75, 3.05) is 27.2 Å². The number of nitrogens with zero attached hydrogens (tertiary/aromatic N) is 3. The van der Waals surface area contributed by atoms with Gasteiger partial charge in [-0.2, -0.15) is 5.26 Å². The number of ether oxygens (including phenoxy) is 1. The maximum Gasteiger partial charge on any atom is 0.244 e. The Balaban J connectivity index is 1.71. The lowest BCUT2D eigenvalue weighted by molar-refractivity contribution is -0.136. The van der Waals surface area contributed by atoms with Crippen LogP contribution in [0.5, 0.6) is 5.75 Å². The number of hydrogen-bond donors (Lipinski definition) is 1. The van der Waals surface area contributed by atoms with Crippen molar-refractivity contribution in [3.8, 4) is 11.8 Å². The van der Waals surface area contributed by atoms with Crippen LogP contribution in [0.1, 0.15) is 29.2 Å². The van der Waals surface area contributed by atoms with Crippen LogP contribution in [0.2, 0.25) is 0 Å². The summed E-state index contributed by atoms with van der Waals surface area (Å²) in [5.41, 5.74) is 8.05. The Hall–Kier alpha value is -3.47. The highest BCUT2D eigenvalue weighted by molar-refractivity contribution is 5.91. The van der Waals surface area contributed by atoms with E-state index in [1.54, 1.807) is 30.1 Å². The number of likely N-dealkylation sites (N-methyl/N-ethyl adjacent to an activating group) is 1. The van der Waals surface area contributed by atoms with Crippen LogP contribution in [0.15, 0.2) is 54.6 Å². The van der Waals surface area contributed by atoms with E-state index in [0.29, 0.717) is 24.4 Å². The fraction of sp³-hybridized carbons (Fsp3) is 0.308. The van der Waals surface area contributed by atoms with Gasteiger partial charge in [0.15, 0.2) is 0 Å². The van der Waals surface area contributed by atoms with Crippen LogP contribution in [0.25, 0.3) is 10.8 Å². The molecule has 7 heteroatoms. The number of nitrogens with two attached hydrogens (primary N) is 1. The lowest BCUT2D eigenvalue weighted by Gasteiger charge is -2.31. The molecular weight excluding hydrogens is 419 g/mol. The highest BCUT2D eigenvalue weighted by Crippen LogP contribution is 2.34. The van der Waals surface area contributed by atoms with E-state index in [4.69, 9.17) is 10.5 Å². The van der Waals surface area contributed by atoms with E-state index in [9.17, 15) is 14.4 Å². The van der Waals surface area contributed by atoms with E-state index < -0.39 is 6.04 Å². The summed E-state index contributed by atoms with van der Waals surface area (Å²) in [4.78, 5) is 17.5. The molecule has 1 fully saturated rings. The molecule has 33 heavy (non-hydrogen) atoms. The Labute approximate surface area is 193 Å². The Morgan fingerprint density at radius 2 is 2.03 bits per heavy atom. The first kappa shape index (κ1) is 22.7. The molecule has 1 aliphatic rings. The van der Waals surface area contributed by atoms with Gasteiger partial charge in [0.25, 0.3) is 0 Å². The number of fused-ring (bicyclic) bond motifs is 1. The highest BCUT2D eigenvalue weighted by atomic mass is 19.1. The molecule has 2 unspecified atom stereocenters. The maximum absolute atomic E-state index is 13.8. The number of methoxy groups -OCH3 is 1. The molecular formula is C26H27FN4O2. The molecule has 0 radical (unpaired) electrons. The zero-order valence-electron chi connectivity index (χ0n) is 18.8. The van der Waals surface area contributed by atoms with Gasteiger partial charge < -0.3 is 15.4 Å².